The van der Waals surface area contributed by atoms with Crippen LogP contribution in [0.1, 0.15) is 5.69 Å². The number of H-pyrrole nitrogens is 1. The Morgan fingerprint density at radius 2 is 2.12 bits per heavy atom. The molecule has 3 heteroatoms. The zero-order valence-corrected chi connectivity index (χ0v) is 5.85. The summed E-state index contributed by atoms with van der Waals surface area (Å²) in [5.41, 5.74) is 0.986. The summed E-state index contributed by atoms with van der Waals surface area (Å²) in [6.07, 6.45) is 0. The van der Waals surface area contributed by atoms with Crippen molar-refractivity contribution in [3.8, 4) is 0 Å². The molecule has 0 bridgehead atoms. The van der Waals surface area contributed by atoms with Crippen molar-refractivity contribution in [2.75, 3.05) is 0 Å². The second kappa shape index (κ2) is 2.00. The summed E-state index contributed by atoms with van der Waals surface area (Å²) >= 11 is 11.1. The number of hydrogen-bond acceptors (Lipinski definition) is 0. The number of rotatable bonds is 0. The van der Waals surface area contributed by atoms with E-state index in [1.54, 1.807) is 6.07 Å². The summed E-state index contributed by atoms with van der Waals surface area (Å²) in [6.45, 7) is 1.90. The van der Waals surface area contributed by atoms with Crippen LogP contribution in [-0.4, -0.2) is 4.98 Å². The van der Waals surface area contributed by atoms with Crippen molar-refractivity contribution < 1.29 is 0 Å². The molecule has 0 aliphatic carbocycles. The maximum Gasteiger partial charge on any atom is 0.125 e. The Bertz CT molecular complexity index is 173. The Morgan fingerprint density at radius 3 is 2.25 bits per heavy atom. The molecule has 0 aliphatic heterocycles. The predicted molar refractivity (Wildman–Crippen MR) is 35.5 cm³/mol. The summed E-state index contributed by atoms with van der Waals surface area (Å²) in [5, 5.41) is 1.10. The van der Waals surface area contributed by atoms with E-state index in [1.807, 2.05) is 6.92 Å². The van der Waals surface area contributed by atoms with Crippen molar-refractivity contribution in [3.63, 3.8) is 0 Å². The number of hydrogen-bond donors (Lipinski definition) is 1. The quantitative estimate of drug-likeness (QED) is 0.585. The summed E-state index contributed by atoms with van der Waals surface area (Å²) < 4.78 is 0. The number of nitrogens with one attached hydrogen (secondary N) is 1. The second-order valence-electron chi connectivity index (χ2n) is 1.61. The molecule has 0 fully saturated rings. The van der Waals surface area contributed by atoms with E-state index < -0.39 is 0 Å². The van der Waals surface area contributed by atoms with E-state index in [0.717, 1.165) is 5.69 Å². The standard InChI is InChI=1S/C5H5Cl2N/c1-3-2-4(6)5(7)8-3/h2,8H,1H3. The summed E-state index contributed by atoms with van der Waals surface area (Å²) in [4.78, 5) is 2.84. The lowest BCUT2D eigenvalue weighted by molar-refractivity contribution is 1.27. The third-order valence-electron chi connectivity index (χ3n) is 0.860. The first kappa shape index (κ1) is 5.99. The van der Waals surface area contributed by atoms with Crippen molar-refractivity contribution in [2.45, 2.75) is 6.92 Å². The largest absolute Gasteiger partial charge is 0.349 e. The van der Waals surface area contributed by atoms with Gasteiger partial charge in [-0.25, -0.2) is 0 Å². The normalized spacial score (nSPS) is 9.88. The van der Waals surface area contributed by atoms with Gasteiger partial charge in [-0.1, -0.05) is 23.2 Å². The molecule has 1 nitrogen and oxygen atoms in total. The molecule has 44 valence electrons. The highest BCUT2D eigenvalue weighted by atomic mass is 35.5. The van der Waals surface area contributed by atoms with E-state index in [0.29, 0.717) is 10.2 Å². The van der Waals surface area contributed by atoms with Gasteiger partial charge in [0.05, 0.1) is 5.02 Å². The molecule has 0 atom stereocenters. The van der Waals surface area contributed by atoms with Gasteiger partial charge in [-0.05, 0) is 13.0 Å². The lowest BCUT2D eigenvalue weighted by Gasteiger charge is -1.77. The van der Waals surface area contributed by atoms with Crippen molar-refractivity contribution >= 4 is 23.2 Å². The maximum atomic E-state index is 5.57. The summed E-state index contributed by atoms with van der Waals surface area (Å²) in [5.74, 6) is 0. The zero-order chi connectivity index (χ0) is 6.15. The van der Waals surface area contributed by atoms with Crippen LogP contribution in [0.2, 0.25) is 10.2 Å². The lowest BCUT2D eigenvalue weighted by atomic mass is 10.5. The lowest BCUT2D eigenvalue weighted by Crippen LogP contribution is -1.63. The van der Waals surface area contributed by atoms with E-state index in [1.165, 1.54) is 0 Å². The van der Waals surface area contributed by atoms with Gasteiger partial charge in [0, 0.05) is 5.69 Å². The Hall–Kier alpha value is -0.140. The molecular formula is C5H5Cl2N. The van der Waals surface area contributed by atoms with Crippen molar-refractivity contribution in [1.29, 1.82) is 0 Å². The van der Waals surface area contributed by atoms with Crippen LogP contribution in [0.4, 0.5) is 0 Å². The third-order valence-corrected chi connectivity index (χ3v) is 1.55. The zero-order valence-electron chi connectivity index (χ0n) is 4.33. The minimum absolute atomic E-state index is 0.518. The van der Waals surface area contributed by atoms with Crippen LogP contribution in [0, 0.1) is 6.92 Å². The molecule has 0 aromatic carbocycles. The van der Waals surface area contributed by atoms with E-state index in [9.17, 15) is 0 Å². The average Bonchev–Trinajstić information content (AvgIpc) is 1.85. The highest BCUT2D eigenvalue weighted by Crippen LogP contribution is 2.20. The van der Waals surface area contributed by atoms with Crippen LogP contribution in [0.15, 0.2) is 6.07 Å². The van der Waals surface area contributed by atoms with Gasteiger partial charge < -0.3 is 4.98 Å². The Labute approximate surface area is 57.6 Å². The topological polar surface area (TPSA) is 15.8 Å². The SMILES string of the molecule is Cc1cc(Cl)c(Cl)[nH]1. The van der Waals surface area contributed by atoms with Gasteiger partial charge >= 0.3 is 0 Å². The van der Waals surface area contributed by atoms with Gasteiger partial charge in [0.15, 0.2) is 0 Å². The first-order valence-electron chi connectivity index (χ1n) is 2.21. The van der Waals surface area contributed by atoms with E-state index in [4.69, 9.17) is 23.2 Å². The Morgan fingerprint density at radius 1 is 1.50 bits per heavy atom. The van der Waals surface area contributed by atoms with Gasteiger partial charge in [0.2, 0.25) is 0 Å². The molecule has 1 aromatic rings. The molecule has 0 unspecified atom stereocenters. The molecular weight excluding hydrogens is 145 g/mol. The molecule has 0 saturated carbocycles. The van der Waals surface area contributed by atoms with Crippen LogP contribution in [0.25, 0.3) is 0 Å². The molecule has 0 radical (unpaired) electrons. The molecule has 0 aliphatic rings. The average molecular weight is 150 g/mol. The highest BCUT2D eigenvalue weighted by molar-refractivity contribution is 6.41. The number of aromatic amines is 1. The van der Waals surface area contributed by atoms with Gasteiger partial charge in [0.25, 0.3) is 0 Å². The minimum Gasteiger partial charge on any atom is -0.349 e. The number of aryl methyl sites for hydroxylation is 1. The third kappa shape index (κ3) is 0.984. The first-order valence-corrected chi connectivity index (χ1v) is 2.96. The van der Waals surface area contributed by atoms with Crippen molar-refractivity contribution in [1.82, 2.24) is 4.98 Å². The van der Waals surface area contributed by atoms with Gasteiger partial charge in [-0.3, -0.25) is 0 Å². The second-order valence-corrected chi connectivity index (χ2v) is 2.40. The fraction of sp³-hybridized carbons (Fsp3) is 0.200. The number of halogens is 2. The highest BCUT2D eigenvalue weighted by Gasteiger charge is 1.97. The Kier molecular flexibility index (Phi) is 1.49. The van der Waals surface area contributed by atoms with Gasteiger partial charge in [-0.15, -0.1) is 0 Å². The molecule has 8 heavy (non-hydrogen) atoms. The Balaban J connectivity index is 3.14. The first-order chi connectivity index (χ1) is 3.70. The molecule has 1 aromatic heterocycles. The van der Waals surface area contributed by atoms with E-state index >= 15 is 0 Å². The van der Waals surface area contributed by atoms with Crippen LogP contribution in [0.3, 0.4) is 0 Å². The number of aromatic nitrogens is 1. The monoisotopic (exact) mass is 149 g/mol. The minimum atomic E-state index is 0.518. The summed E-state index contributed by atoms with van der Waals surface area (Å²) in [6, 6.07) is 1.78. The molecule has 0 amide bonds. The van der Waals surface area contributed by atoms with E-state index in [2.05, 4.69) is 4.98 Å². The predicted octanol–water partition coefficient (Wildman–Crippen LogP) is 2.63. The molecule has 0 saturated heterocycles. The fourth-order valence-electron chi connectivity index (χ4n) is 0.522. The van der Waals surface area contributed by atoms with Crippen molar-refractivity contribution in [2.24, 2.45) is 0 Å². The molecule has 0 spiro atoms. The smallest absolute Gasteiger partial charge is 0.125 e. The van der Waals surface area contributed by atoms with E-state index in [-0.39, 0.29) is 0 Å². The molecule has 1 rings (SSSR count). The van der Waals surface area contributed by atoms with Crippen LogP contribution in [0.5, 0.6) is 0 Å². The molecule has 1 N–H and O–H groups in total. The maximum absolute atomic E-state index is 5.57. The van der Waals surface area contributed by atoms with Gasteiger partial charge in [0.1, 0.15) is 5.15 Å². The molecule has 1 heterocycles. The van der Waals surface area contributed by atoms with Crippen LogP contribution < -0.4 is 0 Å². The fourth-order valence-corrected chi connectivity index (χ4v) is 0.937. The van der Waals surface area contributed by atoms with Crippen molar-refractivity contribution in [3.05, 3.63) is 21.9 Å². The van der Waals surface area contributed by atoms with Gasteiger partial charge in [-0.2, -0.15) is 0 Å². The van der Waals surface area contributed by atoms with Crippen LogP contribution >= 0.6 is 23.2 Å². The van der Waals surface area contributed by atoms with Crippen LogP contribution in [-0.2, 0) is 0 Å². The summed E-state index contributed by atoms with van der Waals surface area (Å²) in [7, 11) is 0.